The molecule has 0 saturated carbocycles. The summed E-state index contributed by atoms with van der Waals surface area (Å²) < 4.78 is 0. The fourth-order valence-electron chi connectivity index (χ4n) is 1.34. The largest absolute Gasteiger partial charge is 0.394 e. The number of nitrogens with two attached hydrogens (primary N) is 1. The van der Waals surface area contributed by atoms with Crippen LogP contribution in [0.25, 0.3) is 0 Å². The van der Waals surface area contributed by atoms with E-state index in [1.54, 1.807) is 18.2 Å². The molecule has 0 heterocycles. The molecule has 0 aliphatic rings. The quantitative estimate of drug-likeness (QED) is 0.646. The van der Waals surface area contributed by atoms with Gasteiger partial charge < -0.3 is 16.2 Å². The van der Waals surface area contributed by atoms with Gasteiger partial charge in [0.1, 0.15) is 0 Å². The zero-order valence-electron chi connectivity index (χ0n) is 8.11. The van der Waals surface area contributed by atoms with Crippen molar-refractivity contribution >= 4 is 18.0 Å². The van der Waals surface area contributed by atoms with E-state index in [4.69, 9.17) is 22.4 Å². The number of amides is 1. The first-order valence-corrected chi connectivity index (χ1v) is 4.88. The Hall–Kier alpha value is -1.10. The fraction of sp³-hybridized carbons (Fsp3) is 0.300. The number of benzene rings is 1. The molecule has 0 aromatic heterocycles. The lowest BCUT2D eigenvalue weighted by Gasteiger charge is -2.14. The minimum absolute atomic E-state index is 0.143. The highest BCUT2D eigenvalue weighted by Crippen LogP contribution is 2.20. The number of aliphatic hydroxyl groups is 1. The van der Waals surface area contributed by atoms with Gasteiger partial charge in [0.05, 0.1) is 12.6 Å². The van der Waals surface area contributed by atoms with Gasteiger partial charge in [-0.3, -0.25) is 4.79 Å². The van der Waals surface area contributed by atoms with Gasteiger partial charge in [0, 0.05) is 11.6 Å². The summed E-state index contributed by atoms with van der Waals surface area (Å²) in [5.41, 5.74) is 7.31. The highest BCUT2D eigenvalue weighted by Gasteiger charge is 2.10. The Bertz CT molecular complexity index is 344. The summed E-state index contributed by atoms with van der Waals surface area (Å²) >= 11 is 5.82. The molecule has 0 saturated heterocycles. The molecular weight excluding hydrogens is 216 g/mol. The molecule has 15 heavy (non-hydrogen) atoms. The first-order chi connectivity index (χ1) is 7.19. The molecule has 1 aromatic carbocycles. The molecule has 1 unspecified atom stereocenters. The van der Waals surface area contributed by atoms with Crippen molar-refractivity contribution in [3.05, 3.63) is 34.3 Å². The molecule has 0 fully saturated rings. The van der Waals surface area contributed by atoms with E-state index >= 15 is 0 Å². The predicted molar refractivity (Wildman–Crippen MR) is 58.4 cm³/mol. The van der Waals surface area contributed by atoms with E-state index in [1.807, 2.05) is 0 Å². The van der Waals surface area contributed by atoms with Gasteiger partial charge in [0.15, 0.2) is 0 Å². The molecule has 1 rings (SSSR count). The van der Waals surface area contributed by atoms with Crippen molar-refractivity contribution < 1.29 is 9.90 Å². The Kier molecular flexibility index (Phi) is 4.55. The number of rotatable bonds is 5. The fourth-order valence-corrected chi connectivity index (χ4v) is 1.53. The third kappa shape index (κ3) is 3.20. The molecule has 0 bridgehead atoms. The standard InChI is InChI=1S/C10H13ClN2O2/c11-8-1-2-9(10(12)5-14)7(3-8)4-13-6-15/h1-3,6,10,14H,4-5,12H2,(H,13,15). The molecule has 0 radical (unpaired) electrons. The van der Waals surface area contributed by atoms with Crippen LogP contribution in [-0.2, 0) is 11.3 Å². The molecule has 1 aromatic rings. The van der Waals surface area contributed by atoms with Crippen LogP contribution in [0, 0.1) is 0 Å². The second-order valence-corrected chi connectivity index (χ2v) is 3.57. The first-order valence-electron chi connectivity index (χ1n) is 4.50. The molecule has 0 aliphatic carbocycles. The molecule has 1 amide bonds. The average molecular weight is 229 g/mol. The number of nitrogens with one attached hydrogen (secondary N) is 1. The molecule has 1 atom stereocenters. The van der Waals surface area contributed by atoms with Gasteiger partial charge >= 0.3 is 0 Å². The van der Waals surface area contributed by atoms with Crippen molar-refractivity contribution in [3.8, 4) is 0 Å². The number of halogens is 1. The van der Waals surface area contributed by atoms with Crippen molar-refractivity contribution in [1.82, 2.24) is 5.32 Å². The second kappa shape index (κ2) is 5.70. The predicted octanol–water partition coefficient (Wildman–Crippen LogP) is 0.578. The Morgan fingerprint density at radius 3 is 2.93 bits per heavy atom. The van der Waals surface area contributed by atoms with E-state index in [2.05, 4.69) is 5.32 Å². The lowest BCUT2D eigenvalue weighted by Crippen LogP contribution is -2.19. The SMILES string of the molecule is NC(CO)c1ccc(Cl)cc1CNC=O. The number of aliphatic hydroxyl groups excluding tert-OH is 1. The summed E-state index contributed by atoms with van der Waals surface area (Å²) in [5, 5.41) is 12.1. The monoisotopic (exact) mass is 228 g/mol. The summed E-state index contributed by atoms with van der Waals surface area (Å²) in [6.45, 7) is 0.211. The van der Waals surface area contributed by atoms with E-state index in [-0.39, 0.29) is 6.61 Å². The van der Waals surface area contributed by atoms with E-state index in [0.29, 0.717) is 18.0 Å². The number of hydrogen-bond acceptors (Lipinski definition) is 3. The summed E-state index contributed by atoms with van der Waals surface area (Å²) in [7, 11) is 0. The second-order valence-electron chi connectivity index (χ2n) is 3.13. The first kappa shape index (κ1) is 12.0. The minimum Gasteiger partial charge on any atom is -0.394 e. The van der Waals surface area contributed by atoms with E-state index < -0.39 is 6.04 Å². The zero-order chi connectivity index (χ0) is 11.3. The van der Waals surface area contributed by atoms with Gasteiger partial charge in [-0.15, -0.1) is 0 Å². The van der Waals surface area contributed by atoms with Crippen LogP contribution in [0.5, 0.6) is 0 Å². The number of hydrogen-bond donors (Lipinski definition) is 3. The van der Waals surface area contributed by atoms with Crippen LogP contribution in [0.15, 0.2) is 18.2 Å². The summed E-state index contributed by atoms with van der Waals surface area (Å²) in [6.07, 6.45) is 0.606. The maximum Gasteiger partial charge on any atom is 0.207 e. The molecule has 4 N–H and O–H groups in total. The van der Waals surface area contributed by atoms with Gasteiger partial charge in [-0.2, -0.15) is 0 Å². The van der Waals surface area contributed by atoms with Crippen molar-refractivity contribution in [3.63, 3.8) is 0 Å². The Balaban J connectivity index is 2.96. The summed E-state index contributed by atoms with van der Waals surface area (Å²) in [5.74, 6) is 0. The summed E-state index contributed by atoms with van der Waals surface area (Å²) in [4.78, 5) is 10.2. The molecule has 0 aliphatic heterocycles. The lowest BCUT2D eigenvalue weighted by molar-refractivity contribution is -0.109. The van der Waals surface area contributed by atoms with E-state index in [1.165, 1.54) is 0 Å². The Morgan fingerprint density at radius 1 is 1.60 bits per heavy atom. The van der Waals surface area contributed by atoms with Crippen LogP contribution in [-0.4, -0.2) is 18.1 Å². The molecule has 5 heteroatoms. The van der Waals surface area contributed by atoms with Gasteiger partial charge in [-0.25, -0.2) is 0 Å². The van der Waals surface area contributed by atoms with Crippen molar-refractivity contribution in [2.75, 3.05) is 6.61 Å². The van der Waals surface area contributed by atoms with Crippen LogP contribution in [0.4, 0.5) is 0 Å². The Labute approximate surface area is 93.0 Å². The molecule has 4 nitrogen and oxygen atoms in total. The van der Waals surface area contributed by atoms with Crippen molar-refractivity contribution in [2.45, 2.75) is 12.6 Å². The minimum atomic E-state index is -0.453. The van der Waals surface area contributed by atoms with Crippen molar-refractivity contribution in [2.24, 2.45) is 5.73 Å². The van der Waals surface area contributed by atoms with Crippen LogP contribution in [0.2, 0.25) is 5.02 Å². The maximum atomic E-state index is 10.2. The van der Waals surface area contributed by atoms with Gasteiger partial charge in [0.2, 0.25) is 6.41 Å². The molecule has 0 spiro atoms. The zero-order valence-corrected chi connectivity index (χ0v) is 8.87. The van der Waals surface area contributed by atoms with E-state index in [0.717, 1.165) is 11.1 Å². The Morgan fingerprint density at radius 2 is 2.33 bits per heavy atom. The molecular formula is C10H13ClN2O2. The average Bonchev–Trinajstić information content (AvgIpc) is 2.25. The normalized spacial score (nSPS) is 12.2. The summed E-state index contributed by atoms with van der Waals surface area (Å²) in [6, 6.07) is 4.73. The topological polar surface area (TPSA) is 75.3 Å². The van der Waals surface area contributed by atoms with Crippen LogP contribution < -0.4 is 11.1 Å². The lowest BCUT2D eigenvalue weighted by atomic mass is 10.0. The third-order valence-electron chi connectivity index (χ3n) is 2.08. The van der Waals surface area contributed by atoms with Gasteiger partial charge in [0.25, 0.3) is 0 Å². The number of carbonyl (C=O) groups excluding carboxylic acids is 1. The van der Waals surface area contributed by atoms with Gasteiger partial charge in [-0.1, -0.05) is 17.7 Å². The van der Waals surface area contributed by atoms with Gasteiger partial charge in [-0.05, 0) is 23.3 Å². The highest BCUT2D eigenvalue weighted by molar-refractivity contribution is 6.30. The van der Waals surface area contributed by atoms with Crippen LogP contribution in [0.3, 0.4) is 0 Å². The van der Waals surface area contributed by atoms with E-state index in [9.17, 15) is 4.79 Å². The van der Waals surface area contributed by atoms with Crippen LogP contribution in [0.1, 0.15) is 17.2 Å². The number of carbonyl (C=O) groups is 1. The molecule has 82 valence electrons. The third-order valence-corrected chi connectivity index (χ3v) is 2.31. The van der Waals surface area contributed by atoms with Crippen LogP contribution >= 0.6 is 11.6 Å². The highest BCUT2D eigenvalue weighted by atomic mass is 35.5. The maximum absolute atomic E-state index is 10.2. The van der Waals surface area contributed by atoms with Crippen molar-refractivity contribution in [1.29, 1.82) is 0 Å². The smallest absolute Gasteiger partial charge is 0.207 e.